The third-order valence-electron chi connectivity index (χ3n) is 3.33. The van der Waals surface area contributed by atoms with Crippen LogP contribution in [0.1, 0.15) is 18.5 Å². The lowest BCUT2D eigenvalue weighted by Gasteiger charge is -2.30. The van der Waals surface area contributed by atoms with Crippen LogP contribution >= 0.6 is 0 Å². The summed E-state index contributed by atoms with van der Waals surface area (Å²) in [5.41, 5.74) is 6.68. The minimum atomic E-state index is 0.565. The molecule has 0 spiro atoms. The molecule has 0 aliphatic carbocycles. The standard InChI is InChI=1S/C12H20N4O/c1-17-12-3-2-11(14-15-12)9-16-6-4-10(8-13)5-7-16/h2-3,10H,4-9,13H2,1H3. The first kappa shape index (κ1) is 12.3. The molecule has 5 heteroatoms. The Labute approximate surface area is 102 Å². The van der Waals surface area contributed by atoms with Crippen molar-refractivity contribution in [1.82, 2.24) is 15.1 Å². The van der Waals surface area contributed by atoms with Gasteiger partial charge >= 0.3 is 0 Å². The fourth-order valence-corrected chi connectivity index (χ4v) is 2.15. The average Bonchev–Trinajstić information content (AvgIpc) is 2.40. The second-order valence-electron chi connectivity index (χ2n) is 4.52. The predicted octanol–water partition coefficient (Wildman–Crippen LogP) is 0.656. The Bertz CT molecular complexity index is 333. The number of ether oxygens (including phenoxy) is 1. The lowest BCUT2D eigenvalue weighted by atomic mass is 9.97. The maximum atomic E-state index is 5.68. The zero-order valence-electron chi connectivity index (χ0n) is 10.3. The number of nitrogens with two attached hydrogens (primary N) is 1. The summed E-state index contributed by atoms with van der Waals surface area (Å²) in [5, 5.41) is 8.12. The van der Waals surface area contributed by atoms with Gasteiger partial charge in [-0.3, -0.25) is 4.90 Å². The summed E-state index contributed by atoms with van der Waals surface area (Å²) in [6, 6.07) is 3.83. The van der Waals surface area contributed by atoms with Crippen LogP contribution in [0.25, 0.3) is 0 Å². The van der Waals surface area contributed by atoms with Gasteiger partial charge in [0.25, 0.3) is 0 Å². The first-order valence-corrected chi connectivity index (χ1v) is 6.11. The van der Waals surface area contributed by atoms with Gasteiger partial charge in [0.2, 0.25) is 5.88 Å². The molecule has 2 heterocycles. The van der Waals surface area contributed by atoms with Crippen molar-refractivity contribution in [2.45, 2.75) is 19.4 Å². The Morgan fingerprint density at radius 1 is 1.35 bits per heavy atom. The fraction of sp³-hybridized carbons (Fsp3) is 0.667. The van der Waals surface area contributed by atoms with E-state index in [-0.39, 0.29) is 0 Å². The SMILES string of the molecule is COc1ccc(CN2CCC(CN)CC2)nn1. The minimum absolute atomic E-state index is 0.565. The summed E-state index contributed by atoms with van der Waals surface area (Å²) in [6.45, 7) is 3.90. The van der Waals surface area contributed by atoms with E-state index in [1.807, 2.05) is 12.1 Å². The van der Waals surface area contributed by atoms with Crippen molar-refractivity contribution in [1.29, 1.82) is 0 Å². The second-order valence-corrected chi connectivity index (χ2v) is 4.52. The summed E-state index contributed by atoms with van der Waals surface area (Å²) in [4.78, 5) is 2.41. The number of methoxy groups -OCH3 is 1. The molecule has 0 radical (unpaired) electrons. The third kappa shape index (κ3) is 3.38. The lowest BCUT2D eigenvalue weighted by molar-refractivity contribution is 0.178. The number of piperidine rings is 1. The molecule has 5 nitrogen and oxygen atoms in total. The van der Waals surface area contributed by atoms with Crippen molar-refractivity contribution in [3.05, 3.63) is 17.8 Å². The van der Waals surface area contributed by atoms with Gasteiger partial charge in [-0.05, 0) is 44.5 Å². The van der Waals surface area contributed by atoms with Crippen molar-refractivity contribution in [3.8, 4) is 5.88 Å². The Hall–Kier alpha value is -1.20. The average molecular weight is 236 g/mol. The maximum Gasteiger partial charge on any atom is 0.233 e. The van der Waals surface area contributed by atoms with Crippen LogP contribution in [0, 0.1) is 5.92 Å². The van der Waals surface area contributed by atoms with Gasteiger partial charge < -0.3 is 10.5 Å². The highest BCUT2D eigenvalue weighted by atomic mass is 16.5. The molecule has 1 aromatic rings. The van der Waals surface area contributed by atoms with Crippen LogP contribution < -0.4 is 10.5 Å². The van der Waals surface area contributed by atoms with Crippen LogP contribution in [0.2, 0.25) is 0 Å². The molecule has 17 heavy (non-hydrogen) atoms. The molecule has 94 valence electrons. The van der Waals surface area contributed by atoms with Gasteiger partial charge in [0.15, 0.2) is 0 Å². The van der Waals surface area contributed by atoms with Gasteiger partial charge in [0, 0.05) is 12.6 Å². The van der Waals surface area contributed by atoms with Gasteiger partial charge in [-0.25, -0.2) is 0 Å². The molecule has 2 N–H and O–H groups in total. The Morgan fingerprint density at radius 2 is 2.12 bits per heavy atom. The van der Waals surface area contributed by atoms with Crippen molar-refractivity contribution < 1.29 is 4.74 Å². The summed E-state index contributed by atoms with van der Waals surface area (Å²) < 4.78 is 4.99. The largest absolute Gasteiger partial charge is 0.480 e. The summed E-state index contributed by atoms with van der Waals surface area (Å²) in [7, 11) is 1.60. The Balaban J connectivity index is 1.84. The van der Waals surface area contributed by atoms with Gasteiger partial charge in [-0.2, -0.15) is 5.10 Å². The smallest absolute Gasteiger partial charge is 0.233 e. The second kappa shape index (κ2) is 5.93. The molecule has 1 aromatic heterocycles. The fourth-order valence-electron chi connectivity index (χ4n) is 2.15. The summed E-state index contributed by atoms with van der Waals surface area (Å²) in [5.74, 6) is 1.27. The highest BCUT2D eigenvalue weighted by Crippen LogP contribution is 2.17. The first-order valence-electron chi connectivity index (χ1n) is 6.11. The lowest BCUT2D eigenvalue weighted by Crippen LogP contribution is -2.35. The van der Waals surface area contributed by atoms with Crippen LogP contribution in [0.5, 0.6) is 5.88 Å². The summed E-state index contributed by atoms with van der Waals surface area (Å²) >= 11 is 0. The van der Waals surface area contributed by atoms with E-state index in [0.29, 0.717) is 11.8 Å². The van der Waals surface area contributed by atoms with E-state index >= 15 is 0 Å². The van der Waals surface area contributed by atoms with E-state index in [1.54, 1.807) is 7.11 Å². The summed E-state index contributed by atoms with van der Waals surface area (Å²) in [6.07, 6.45) is 2.39. The Kier molecular flexibility index (Phi) is 4.28. The maximum absolute atomic E-state index is 5.68. The molecule has 0 amide bonds. The molecule has 0 bridgehead atoms. The van der Waals surface area contributed by atoms with E-state index < -0.39 is 0 Å². The topological polar surface area (TPSA) is 64.3 Å². The van der Waals surface area contributed by atoms with Crippen molar-refractivity contribution in [3.63, 3.8) is 0 Å². The molecule has 1 aliphatic rings. The normalized spacial score (nSPS) is 18.2. The van der Waals surface area contributed by atoms with Crippen LogP contribution in [0.3, 0.4) is 0 Å². The highest BCUT2D eigenvalue weighted by Gasteiger charge is 2.18. The van der Waals surface area contributed by atoms with Crippen molar-refractivity contribution in [2.75, 3.05) is 26.7 Å². The van der Waals surface area contributed by atoms with Crippen LogP contribution in [-0.4, -0.2) is 41.8 Å². The van der Waals surface area contributed by atoms with Crippen molar-refractivity contribution in [2.24, 2.45) is 11.7 Å². The Morgan fingerprint density at radius 3 is 2.65 bits per heavy atom. The number of nitrogens with zero attached hydrogens (tertiary/aromatic N) is 3. The molecule has 0 aromatic carbocycles. The van der Waals surface area contributed by atoms with E-state index in [9.17, 15) is 0 Å². The molecule has 2 rings (SSSR count). The van der Waals surface area contributed by atoms with Crippen LogP contribution in [0.4, 0.5) is 0 Å². The van der Waals surface area contributed by atoms with E-state index in [2.05, 4.69) is 15.1 Å². The van der Waals surface area contributed by atoms with Gasteiger partial charge in [-0.15, -0.1) is 5.10 Å². The molecular formula is C12H20N4O. The molecular weight excluding hydrogens is 216 g/mol. The number of hydrogen-bond acceptors (Lipinski definition) is 5. The van der Waals surface area contributed by atoms with Gasteiger partial charge in [0.1, 0.15) is 0 Å². The van der Waals surface area contributed by atoms with Crippen molar-refractivity contribution >= 4 is 0 Å². The third-order valence-corrected chi connectivity index (χ3v) is 3.33. The number of hydrogen-bond donors (Lipinski definition) is 1. The molecule has 0 saturated carbocycles. The molecule has 0 unspecified atom stereocenters. The number of aromatic nitrogens is 2. The highest BCUT2D eigenvalue weighted by molar-refractivity contribution is 5.11. The van der Waals surface area contributed by atoms with Crippen LogP contribution in [-0.2, 0) is 6.54 Å². The van der Waals surface area contributed by atoms with Gasteiger partial charge in [0.05, 0.1) is 12.8 Å². The van der Waals surface area contributed by atoms with E-state index in [1.165, 1.54) is 12.8 Å². The monoisotopic (exact) mass is 236 g/mol. The quantitative estimate of drug-likeness (QED) is 0.832. The first-order chi connectivity index (χ1) is 8.31. The molecule has 1 aliphatic heterocycles. The van der Waals surface area contributed by atoms with Crippen LogP contribution in [0.15, 0.2) is 12.1 Å². The van der Waals surface area contributed by atoms with Gasteiger partial charge in [-0.1, -0.05) is 0 Å². The number of rotatable bonds is 4. The zero-order chi connectivity index (χ0) is 12.1. The number of likely N-dealkylation sites (tertiary alicyclic amines) is 1. The predicted molar refractivity (Wildman–Crippen MR) is 65.6 cm³/mol. The van der Waals surface area contributed by atoms with E-state index in [0.717, 1.165) is 31.9 Å². The molecule has 1 fully saturated rings. The molecule has 0 atom stereocenters. The minimum Gasteiger partial charge on any atom is -0.480 e. The molecule has 1 saturated heterocycles. The zero-order valence-corrected chi connectivity index (χ0v) is 10.3. The van der Waals surface area contributed by atoms with E-state index in [4.69, 9.17) is 10.5 Å².